The van der Waals surface area contributed by atoms with Crippen LogP contribution in [0.3, 0.4) is 0 Å². The molecule has 2 unspecified atom stereocenters. The topological polar surface area (TPSA) is 87.5 Å². The number of amides is 2. The summed E-state index contributed by atoms with van der Waals surface area (Å²) in [6.45, 7) is 6.71. The first-order valence-corrected chi connectivity index (χ1v) is 8.73. The summed E-state index contributed by atoms with van der Waals surface area (Å²) in [6.07, 6.45) is 0.764. The molecule has 9 heteroatoms. The molecule has 6 nitrogen and oxygen atoms in total. The van der Waals surface area contributed by atoms with Crippen molar-refractivity contribution in [2.45, 2.75) is 39.3 Å². The van der Waals surface area contributed by atoms with Gasteiger partial charge in [-0.2, -0.15) is 0 Å². The molecule has 0 aromatic heterocycles. The fourth-order valence-corrected chi connectivity index (χ4v) is 3.04. The van der Waals surface area contributed by atoms with Crippen molar-refractivity contribution in [1.82, 2.24) is 10.2 Å². The van der Waals surface area contributed by atoms with E-state index in [1.165, 1.54) is 0 Å². The van der Waals surface area contributed by atoms with Crippen molar-refractivity contribution >= 4 is 17.5 Å². The fourth-order valence-electron chi connectivity index (χ4n) is 3.04. The van der Waals surface area contributed by atoms with Crippen LogP contribution in [-0.2, 0) is 9.59 Å². The van der Waals surface area contributed by atoms with E-state index in [4.69, 9.17) is 5.73 Å². The summed E-state index contributed by atoms with van der Waals surface area (Å²) in [6, 6.07) is 1.21. The zero-order valence-electron chi connectivity index (χ0n) is 15.6. The molecule has 1 saturated heterocycles. The Morgan fingerprint density at radius 2 is 1.96 bits per heavy atom. The number of carbonyl (C=O) groups excluding carboxylic acids is 2. The second-order valence-electron chi connectivity index (χ2n) is 7.52. The molecular weight excluding hydrogens is 361 g/mol. The molecule has 0 aliphatic carbocycles. The summed E-state index contributed by atoms with van der Waals surface area (Å²) in [4.78, 5) is 26.2. The highest BCUT2D eigenvalue weighted by atomic mass is 19.2. The van der Waals surface area contributed by atoms with E-state index in [0.29, 0.717) is 19.2 Å². The van der Waals surface area contributed by atoms with Gasteiger partial charge in [0.2, 0.25) is 11.8 Å². The number of piperidine rings is 1. The van der Waals surface area contributed by atoms with E-state index < -0.39 is 41.6 Å². The van der Waals surface area contributed by atoms with Crippen molar-refractivity contribution in [3.05, 3.63) is 29.6 Å². The van der Waals surface area contributed by atoms with Crippen LogP contribution in [0.2, 0.25) is 0 Å². The van der Waals surface area contributed by atoms with E-state index in [-0.39, 0.29) is 17.4 Å². The van der Waals surface area contributed by atoms with Crippen molar-refractivity contribution in [3.63, 3.8) is 0 Å². The van der Waals surface area contributed by atoms with E-state index in [9.17, 15) is 22.8 Å². The quantitative estimate of drug-likeness (QED) is 0.671. The van der Waals surface area contributed by atoms with Crippen LogP contribution in [0.15, 0.2) is 12.1 Å². The third-order valence-electron chi connectivity index (χ3n) is 5.00. The first-order chi connectivity index (χ1) is 12.5. The second kappa shape index (κ2) is 8.26. The van der Waals surface area contributed by atoms with Gasteiger partial charge >= 0.3 is 0 Å². The van der Waals surface area contributed by atoms with Crippen LogP contribution in [0.1, 0.15) is 27.2 Å². The average molecular weight is 386 g/mol. The van der Waals surface area contributed by atoms with Gasteiger partial charge in [-0.05, 0) is 30.9 Å². The predicted octanol–water partition coefficient (Wildman–Crippen LogP) is 1.61. The van der Waals surface area contributed by atoms with Gasteiger partial charge in [-0.3, -0.25) is 14.5 Å². The number of anilines is 1. The minimum atomic E-state index is -1.67. The Balaban J connectivity index is 1.88. The predicted molar refractivity (Wildman–Crippen MR) is 95.4 cm³/mol. The molecule has 2 rings (SSSR count). The molecule has 150 valence electrons. The summed E-state index contributed by atoms with van der Waals surface area (Å²) >= 11 is 0. The molecular formula is C18H25F3N4O2. The molecule has 1 aliphatic heterocycles. The van der Waals surface area contributed by atoms with Crippen LogP contribution in [0, 0.1) is 22.9 Å². The minimum absolute atomic E-state index is 0.0563. The average Bonchev–Trinajstić information content (AvgIpc) is 2.61. The van der Waals surface area contributed by atoms with Crippen LogP contribution in [0.5, 0.6) is 0 Å². The molecule has 1 heterocycles. The summed E-state index contributed by atoms with van der Waals surface area (Å²) in [7, 11) is 0. The van der Waals surface area contributed by atoms with Gasteiger partial charge in [-0.1, -0.05) is 13.8 Å². The van der Waals surface area contributed by atoms with Crippen LogP contribution >= 0.6 is 0 Å². The van der Waals surface area contributed by atoms with Gasteiger partial charge in [0.1, 0.15) is 0 Å². The molecule has 0 spiro atoms. The molecule has 2 atom stereocenters. The van der Waals surface area contributed by atoms with Gasteiger partial charge in [0.05, 0.1) is 18.3 Å². The number of rotatable bonds is 5. The standard InChI is InChI=1S/C18H25F3N4O2/c1-10(25-7-6-13(22)18(2,3)9-25)17(27)23-8-14(26)24-12-5-4-11(19)15(20)16(12)21/h4-5,10,13H,6-9,22H2,1-3H3,(H,23,27)(H,24,26). The molecule has 1 aromatic carbocycles. The Kier molecular flexibility index (Phi) is 6.48. The van der Waals surface area contributed by atoms with Gasteiger partial charge in [-0.15, -0.1) is 0 Å². The lowest BCUT2D eigenvalue weighted by atomic mass is 9.79. The van der Waals surface area contributed by atoms with Crippen molar-refractivity contribution in [2.75, 3.05) is 25.0 Å². The van der Waals surface area contributed by atoms with E-state index >= 15 is 0 Å². The number of nitrogens with zero attached hydrogens (tertiary/aromatic N) is 1. The summed E-state index contributed by atoms with van der Waals surface area (Å²) < 4.78 is 39.6. The Hall–Kier alpha value is -2.13. The lowest BCUT2D eigenvalue weighted by molar-refractivity contribution is -0.129. The Morgan fingerprint density at radius 1 is 1.30 bits per heavy atom. The largest absolute Gasteiger partial charge is 0.346 e. The summed E-state index contributed by atoms with van der Waals surface area (Å²) in [5, 5.41) is 4.58. The van der Waals surface area contributed by atoms with Crippen molar-refractivity contribution in [1.29, 1.82) is 0 Å². The van der Waals surface area contributed by atoms with Crippen LogP contribution in [0.4, 0.5) is 18.9 Å². The Morgan fingerprint density at radius 3 is 2.59 bits per heavy atom. The maximum absolute atomic E-state index is 13.6. The number of nitrogens with two attached hydrogens (primary N) is 1. The van der Waals surface area contributed by atoms with Gasteiger partial charge in [0.25, 0.3) is 0 Å². The molecule has 1 aromatic rings. The molecule has 4 N–H and O–H groups in total. The van der Waals surface area contributed by atoms with Crippen LogP contribution in [-0.4, -0.2) is 48.4 Å². The number of carbonyl (C=O) groups is 2. The first kappa shape index (κ1) is 21.2. The highest BCUT2D eigenvalue weighted by molar-refractivity contribution is 5.95. The minimum Gasteiger partial charge on any atom is -0.346 e. The molecule has 27 heavy (non-hydrogen) atoms. The molecule has 0 saturated carbocycles. The molecule has 0 bridgehead atoms. The third kappa shape index (κ3) is 4.98. The number of benzene rings is 1. The van der Waals surface area contributed by atoms with E-state index in [2.05, 4.69) is 10.6 Å². The monoisotopic (exact) mass is 386 g/mol. The van der Waals surface area contributed by atoms with Crippen LogP contribution in [0.25, 0.3) is 0 Å². The number of nitrogens with one attached hydrogen (secondary N) is 2. The van der Waals surface area contributed by atoms with Gasteiger partial charge < -0.3 is 16.4 Å². The SMILES string of the molecule is CC(C(=O)NCC(=O)Nc1ccc(F)c(F)c1F)N1CCC(N)C(C)(C)C1. The smallest absolute Gasteiger partial charge is 0.243 e. The van der Waals surface area contributed by atoms with E-state index in [1.807, 2.05) is 18.7 Å². The number of likely N-dealkylation sites (tertiary alicyclic amines) is 1. The van der Waals surface area contributed by atoms with Crippen molar-refractivity contribution in [3.8, 4) is 0 Å². The van der Waals surface area contributed by atoms with Gasteiger partial charge in [0, 0.05) is 19.1 Å². The normalized spacial score (nSPS) is 20.8. The first-order valence-electron chi connectivity index (χ1n) is 8.73. The Labute approximate surface area is 156 Å². The molecule has 2 amide bonds. The lowest BCUT2D eigenvalue weighted by Gasteiger charge is -2.44. The van der Waals surface area contributed by atoms with E-state index in [0.717, 1.165) is 12.5 Å². The zero-order valence-corrected chi connectivity index (χ0v) is 15.6. The number of hydrogen-bond acceptors (Lipinski definition) is 4. The fraction of sp³-hybridized carbons (Fsp3) is 0.556. The van der Waals surface area contributed by atoms with Crippen molar-refractivity contribution in [2.24, 2.45) is 11.1 Å². The third-order valence-corrected chi connectivity index (χ3v) is 5.00. The van der Waals surface area contributed by atoms with Crippen molar-refractivity contribution < 1.29 is 22.8 Å². The van der Waals surface area contributed by atoms with Crippen LogP contribution < -0.4 is 16.4 Å². The van der Waals surface area contributed by atoms with E-state index in [1.54, 1.807) is 6.92 Å². The molecule has 1 fully saturated rings. The van der Waals surface area contributed by atoms with Gasteiger partial charge in [-0.25, -0.2) is 13.2 Å². The Bertz CT molecular complexity index is 727. The zero-order chi connectivity index (χ0) is 20.4. The second-order valence-corrected chi connectivity index (χ2v) is 7.52. The number of halogens is 3. The maximum atomic E-state index is 13.6. The highest BCUT2D eigenvalue weighted by Gasteiger charge is 2.36. The summed E-state index contributed by atoms with van der Waals surface area (Å²) in [5.74, 6) is -5.62. The lowest BCUT2D eigenvalue weighted by Crippen LogP contribution is -2.57. The highest BCUT2D eigenvalue weighted by Crippen LogP contribution is 2.28. The maximum Gasteiger partial charge on any atom is 0.243 e. The molecule has 1 aliphatic rings. The molecule has 0 radical (unpaired) electrons. The number of hydrogen-bond donors (Lipinski definition) is 3. The van der Waals surface area contributed by atoms with Gasteiger partial charge in [0.15, 0.2) is 17.5 Å². The summed E-state index contributed by atoms with van der Waals surface area (Å²) in [5.41, 5.74) is 5.47.